The van der Waals surface area contributed by atoms with E-state index in [1.165, 1.54) is 17.4 Å². The van der Waals surface area contributed by atoms with Gasteiger partial charge in [-0.25, -0.2) is 4.98 Å². The SMILES string of the molecule is O=S([O-])c1cc2c(Cl)nccc2s1.[Li+]. The average molecular weight is 240 g/mol. The molecule has 2 aromatic rings. The van der Waals surface area contributed by atoms with Crippen LogP contribution in [0.4, 0.5) is 0 Å². The van der Waals surface area contributed by atoms with Gasteiger partial charge in [0.25, 0.3) is 0 Å². The fourth-order valence-corrected chi connectivity index (χ4v) is 2.80. The molecule has 7 heteroatoms. The molecule has 2 rings (SSSR count). The third-order valence-electron chi connectivity index (χ3n) is 1.54. The second-order valence-electron chi connectivity index (χ2n) is 2.31. The van der Waals surface area contributed by atoms with Crippen LogP contribution in [0, 0.1) is 0 Å². The Labute approximate surface area is 104 Å². The first-order chi connectivity index (χ1) is 6.18. The molecule has 0 aliphatic rings. The fraction of sp³-hybridized carbons (Fsp3) is 0. The topological polar surface area (TPSA) is 53.0 Å². The van der Waals surface area contributed by atoms with Crippen molar-refractivity contribution in [3.8, 4) is 0 Å². The monoisotopic (exact) mass is 239 g/mol. The molecule has 0 saturated heterocycles. The smallest absolute Gasteiger partial charge is 0.768 e. The van der Waals surface area contributed by atoms with Gasteiger partial charge in [-0.3, -0.25) is 4.21 Å². The number of nitrogens with zero attached hydrogens (tertiary/aromatic N) is 1. The van der Waals surface area contributed by atoms with Crippen molar-refractivity contribution in [2.75, 3.05) is 0 Å². The first-order valence-electron chi connectivity index (χ1n) is 3.32. The van der Waals surface area contributed by atoms with Gasteiger partial charge in [-0.15, -0.1) is 11.3 Å². The predicted molar refractivity (Wildman–Crippen MR) is 51.8 cm³/mol. The Kier molecular flexibility index (Phi) is 4.13. The predicted octanol–water partition coefficient (Wildman–Crippen LogP) is -0.808. The molecule has 0 bridgehead atoms. The summed E-state index contributed by atoms with van der Waals surface area (Å²) in [5.74, 6) is 0. The Hall–Kier alpha value is 0.107. The number of rotatable bonds is 1. The minimum absolute atomic E-state index is 0. The average Bonchev–Trinajstić information content (AvgIpc) is 2.49. The van der Waals surface area contributed by atoms with Gasteiger partial charge in [-0.2, -0.15) is 0 Å². The molecule has 1 atom stereocenters. The van der Waals surface area contributed by atoms with E-state index in [9.17, 15) is 8.76 Å². The Morgan fingerprint density at radius 2 is 2.29 bits per heavy atom. The molecule has 1 unspecified atom stereocenters. The summed E-state index contributed by atoms with van der Waals surface area (Å²) in [5.41, 5.74) is 0. The molecule has 0 aliphatic carbocycles. The molecule has 0 spiro atoms. The van der Waals surface area contributed by atoms with E-state index in [1.54, 1.807) is 12.3 Å². The van der Waals surface area contributed by atoms with Crippen LogP contribution in [0.25, 0.3) is 10.1 Å². The molecule has 2 heterocycles. The molecular weight excluding hydrogens is 237 g/mol. The van der Waals surface area contributed by atoms with Crippen molar-refractivity contribution in [2.24, 2.45) is 0 Å². The fourth-order valence-electron chi connectivity index (χ4n) is 0.989. The number of aromatic nitrogens is 1. The number of thiophene rings is 1. The van der Waals surface area contributed by atoms with Crippen LogP contribution in [0.5, 0.6) is 0 Å². The minimum Gasteiger partial charge on any atom is -0.768 e. The second-order valence-corrected chi connectivity index (χ2v) is 4.92. The van der Waals surface area contributed by atoms with Gasteiger partial charge in [0.1, 0.15) is 5.15 Å². The number of pyridine rings is 1. The van der Waals surface area contributed by atoms with Crippen molar-refractivity contribution in [2.45, 2.75) is 4.21 Å². The maximum Gasteiger partial charge on any atom is 1.00 e. The number of fused-ring (bicyclic) bond motifs is 1. The van der Waals surface area contributed by atoms with E-state index in [2.05, 4.69) is 4.98 Å². The molecule has 3 nitrogen and oxygen atoms in total. The van der Waals surface area contributed by atoms with Crippen LogP contribution in [0.15, 0.2) is 22.5 Å². The summed E-state index contributed by atoms with van der Waals surface area (Å²) in [6.07, 6.45) is 1.55. The molecule has 0 aliphatic heterocycles. The molecule has 0 N–H and O–H groups in total. The van der Waals surface area contributed by atoms with Gasteiger partial charge in [0.15, 0.2) is 0 Å². The minimum atomic E-state index is -2.19. The van der Waals surface area contributed by atoms with Crippen molar-refractivity contribution in [3.63, 3.8) is 0 Å². The summed E-state index contributed by atoms with van der Waals surface area (Å²) < 4.78 is 22.4. The molecule has 0 saturated carbocycles. The van der Waals surface area contributed by atoms with Crippen LogP contribution in [-0.2, 0) is 11.1 Å². The van der Waals surface area contributed by atoms with Gasteiger partial charge < -0.3 is 4.55 Å². The molecule has 2 aromatic heterocycles. The van der Waals surface area contributed by atoms with E-state index in [0.29, 0.717) is 10.5 Å². The van der Waals surface area contributed by atoms with Gasteiger partial charge >= 0.3 is 18.9 Å². The Bertz CT molecular complexity index is 487. The van der Waals surface area contributed by atoms with E-state index < -0.39 is 11.1 Å². The van der Waals surface area contributed by atoms with E-state index >= 15 is 0 Å². The number of halogens is 1. The third-order valence-corrected chi connectivity index (χ3v) is 3.84. The van der Waals surface area contributed by atoms with Gasteiger partial charge in [0.2, 0.25) is 0 Å². The molecular formula is C7H3ClLiNO2S2. The second kappa shape index (κ2) is 4.75. The Balaban J connectivity index is 0.000000980. The summed E-state index contributed by atoms with van der Waals surface area (Å²) in [7, 11) is 0. The van der Waals surface area contributed by atoms with Crippen molar-refractivity contribution in [1.29, 1.82) is 0 Å². The Morgan fingerprint density at radius 3 is 2.86 bits per heavy atom. The molecule has 0 aromatic carbocycles. The van der Waals surface area contributed by atoms with Gasteiger partial charge in [-0.05, 0) is 23.2 Å². The van der Waals surface area contributed by atoms with E-state index in [4.69, 9.17) is 11.6 Å². The summed E-state index contributed by atoms with van der Waals surface area (Å²) in [6, 6.07) is 3.26. The van der Waals surface area contributed by atoms with Crippen LogP contribution in [0.3, 0.4) is 0 Å². The van der Waals surface area contributed by atoms with Crippen molar-refractivity contribution >= 4 is 44.1 Å². The van der Waals surface area contributed by atoms with Gasteiger partial charge in [-0.1, -0.05) is 11.6 Å². The van der Waals surface area contributed by atoms with E-state index in [0.717, 1.165) is 4.70 Å². The van der Waals surface area contributed by atoms with Crippen LogP contribution >= 0.6 is 22.9 Å². The van der Waals surface area contributed by atoms with Gasteiger partial charge in [0, 0.05) is 16.3 Å². The zero-order valence-corrected chi connectivity index (χ0v) is 9.58. The summed E-state index contributed by atoms with van der Waals surface area (Å²) >= 11 is 4.76. The largest absolute Gasteiger partial charge is 1.00 e. The van der Waals surface area contributed by atoms with Crippen molar-refractivity contribution in [3.05, 3.63) is 23.5 Å². The van der Waals surface area contributed by atoms with E-state index in [-0.39, 0.29) is 23.1 Å². The molecule has 0 radical (unpaired) electrons. The third kappa shape index (κ3) is 2.19. The van der Waals surface area contributed by atoms with Crippen molar-refractivity contribution in [1.82, 2.24) is 4.98 Å². The normalized spacial score (nSPS) is 12.4. The number of hydrogen-bond donors (Lipinski definition) is 0. The maximum atomic E-state index is 10.6. The van der Waals surface area contributed by atoms with Crippen LogP contribution in [0.2, 0.25) is 5.15 Å². The summed E-state index contributed by atoms with van der Waals surface area (Å²) in [6.45, 7) is 0. The molecule has 0 amide bonds. The maximum absolute atomic E-state index is 10.6. The molecule has 14 heavy (non-hydrogen) atoms. The zero-order valence-electron chi connectivity index (χ0n) is 7.19. The Morgan fingerprint density at radius 1 is 1.57 bits per heavy atom. The zero-order chi connectivity index (χ0) is 9.42. The molecule has 0 fully saturated rings. The summed E-state index contributed by atoms with van der Waals surface area (Å²) in [4.78, 5) is 3.85. The van der Waals surface area contributed by atoms with Crippen LogP contribution in [-0.4, -0.2) is 13.7 Å². The standard InChI is InChI=1S/C7H4ClNO2S2.Li/c8-7-4-3-6(13(10)11)12-5(4)1-2-9-7;/h1-3H,(H,10,11);/q;+1/p-1. The summed E-state index contributed by atoms with van der Waals surface area (Å²) in [5, 5.41) is 1.03. The van der Waals surface area contributed by atoms with E-state index in [1.807, 2.05) is 0 Å². The molecule has 68 valence electrons. The quantitative estimate of drug-likeness (QED) is 0.372. The van der Waals surface area contributed by atoms with Crippen LogP contribution < -0.4 is 18.9 Å². The first-order valence-corrected chi connectivity index (χ1v) is 5.59. The first kappa shape index (κ1) is 12.2. The van der Waals surface area contributed by atoms with Crippen LogP contribution in [0.1, 0.15) is 0 Å². The number of hydrogen-bond acceptors (Lipinski definition) is 4. The van der Waals surface area contributed by atoms with Crippen molar-refractivity contribution < 1.29 is 27.6 Å². The van der Waals surface area contributed by atoms with Gasteiger partial charge in [0.05, 0.1) is 4.21 Å².